The fraction of sp³-hybridized carbons (Fsp3) is 0.800. The van der Waals surface area contributed by atoms with Crippen LogP contribution in [0.15, 0.2) is 4.99 Å². The van der Waals surface area contributed by atoms with E-state index in [2.05, 4.69) is 22.9 Å². The van der Waals surface area contributed by atoms with Gasteiger partial charge in [0.05, 0.1) is 6.54 Å². The molecule has 0 saturated carbocycles. The molecule has 0 unspecified atom stereocenters. The molecule has 0 aliphatic heterocycles. The molecule has 86 valence electrons. The van der Waals surface area contributed by atoms with E-state index >= 15 is 0 Å². The maximum atomic E-state index is 9.75. The van der Waals surface area contributed by atoms with Gasteiger partial charge in [-0.05, 0) is 12.8 Å². The van der Waals surface area contributed by atoms with Gasteiger partial charge in [0.15, 0.2) is 0 Å². The number of isocyanates is 1. The summed E-state index contributed by atoms with van der Waals surface area (Å²) < 4.78 is 0.571. The molecule has 0 spiro atoms. The van der Waals surface area contributed by atoms with E-state index in [1.807, 2.05) is 0 Å². The maximum absolute atomic E-state index is 9.75. The van der Waals surface area contributed by atoms with Gasteiger partial charge in [-0.3, -0.25) is 0 Å². The largest absolute Gasteiger partial charge is 0.371 e. The van der Waals surface area contributed by atoms with Crippen LogP contribution in [0.4, 0.5) is 0 Å². The first-order valence-corrected chi connectivity index (χ1v) is 6.13. The van der Waals surface area contributed by atoms with E-state index in [0.717, 1.165) is 25.8 Å². The van der Waals surface area contributed by atoms with Crippen LogP contribution in [0.25, 0.3) is 0 Å². The molecule has 15 heavy (non-hydrogen) atoms. The summed E-state index contributed by atoms with van der Waals surface area (Å²) in [4.78, 5) is 13.3. The molecule has 0 atom stereocenters. The topological polar surface area (TPSA) is 41.5 Å². The van der Waals surface area contributed by atoms with Crippen molar-refractivity contribution in [3.8, 4) is 0 Å². The highest BCUT2D eigenvalue weighted by Gasteiger charge is 1.91. The molecule has 0 aliphatic carbocycles. The number of aliphatic imine (C=N–C) groups is 1. The summed E-state index contributed by atoms with van der Waals surface area (Å²) in [5.41, 5.74) is 0. The molecule has 0 amide bonds. The van der Waals surface area contributed by atoms with E-state index in [1.165, 1.54) is 19.3 Å². The molecule has 0 aromatic heterocycles. The van der Waals surface area contributed by atoms with Gasteiger partial charge in [-0.15, -0.1) is 12.6 Å². The van der Waals surface area contributed by atoms with Crippen molar-refractivity contribution in [2.24, 2.45) is 4.99 Å². The van der Waals surface area contributed by atoms with Crippen molar-refractivity contribution in [1.82, 2.24) is 5.32 Å². The van der Waals surface area contributed by atoms with Crippen molar-refractivity contribution in [3.63, 3.8) is 0 Å². The summed E-state index contributed by atoms with van der Waals surface area (Å²) in [7, 11) is 0. The third-order valence-electron chi connectivity index (χ3n) is 2.04. The first kappa shape index (κ1) is 14.6. The number of thiocarbonyl (C=S) groups is 1. The summed E-state index contributed by atoms with van der Waals surface area (Å²) in [6.07, 6.45) is 8.46. The molecule has 5 heteroatoms. The van der Waals surface area contributed by atoms with Gasteiger partial charge in [0.1, 0.15) is 4.32 Å². The van der Waals surface area contributed by atoms with Gasteiger partial charge in [0.25, 0.3) is 0 Å². The first-order valence-electron chi connectivity index (χ1n) is 5.28. The number of hydrogen-bond acceptors (Lipinski definition) is 3. The SMILES string of the molecule is O=C=NCCCCCCCCNC(=S)S. The van der Waals surface area contributed by atoms with E-state index in [4.69, 9.17) is 12.2 Å². The van der Waals surface area contributed by atoms with Gasteiger partial charge in [-0.25, -0.2) is 9.79 Å². The molecule has 0 radical (unpaired) electrons. The van der Waals surface area contributed by atoms with Gasteiger partial charge in [-0.1, -0.05) is 37.9 Å². The second-order valence-electron chi connectivity index (χ2n) is 3.33. The molecular formula is C10H18N2OS2. The normalized spacial score (nSPS) is 9.40. The third kappa shape index (κ3) is 13.6. The van der Waals surface area contributed by atoms with Gasteiger partial charge < -0.3 is 5.32 Å². The molecule has 0 aromatic rings. The number of nitrogens with zero attached hydrogens (tertiary/aromatic N) is 1. The lowest BCUT2D eigenvalue weighted by molar-refractivity contribution is 0.559. The van der Waals surface area contributed by atoms with Crippen molar-refractivity contribution in [2.45, 2.75) is 38.5 Å². The second kappa shape index (κ2) is 11.7. The minimum Gasteiger partial charge on any atom is -0.371 e. The van der Waals surface area contributed by atoms with E-state index in [1.54, 1.807) is 6.08 Å². The monoisotopic (exact) mass is 246 g/mol. The van der Waals surface area contributed by atoms with Gasteiger partial charge >= 0.3 is 0 Å². The zero-order valence-corrected chi connectivity index (χ0v) is 10.6. The van der Waals surface area contributed by atoms with Crippen molar-refractivity contribution in [2.75, 3.05) is 13.1 Å². The number of thiol groups is 1. The molecule has 3 nitrogen and oxygen atoms in total. The summed E-state index contributed by atoms with van der Waals surface area (Å²) in [6.45, 7) is 1.54. The van der Waals surface area contributed by atoms with Crippen molar-refractivity contribution in [1.29, 1.82) is 0 Å². The summed E-state index contributed by atoms with van der Waals surface area (Å²) in [5.74, 6) is 0. The molecule has 0 rings (SSSR count). The predicted octanol–water partition coefficient (Wildman–Crippen LogP) is 2.47. The van der Waals surface area contributed by atoms with E-state index < -0.39 is 0 Å². The summed E-state index contributed by atoms with van der Waals surface area (Å²) in [5, 5.41) is 3.00. The van der Waals surface area contributed by atoms with Crippen molar-refractivity contribution in [3.05, 3.63) is 0 Å². The minimum absolute atomic E-state index is 0.571. The first-order chi connectivity index (χ1) is 7.27. The Bertz CT molecular complexity index is 207. The van der Waals surface area contributed by atoms with E-state index in [9.17, 15) is 4.79 Å². The van der Waals surface area contributed by atoms with Crippen LogP contribution in [0.1, 0.15) is 38.5 Å². The molecule has 0 fully saturated rings. The quantitative estimate of drug-likeness (QED) is 0.216. The molecule has 0 aliphatic rings. The average molecular weight is 246 g/mol. The minimum atomic E-state index is 0.571. The van der Waals surface area contributed by atoms with Gasteiger partial charge in [-0.2, -0.15) is 0 Å². The highest BCUT2D eigenvalue weighted by Crippen LogP contribution is 2.04. The van der Waals surface area contributed by atoms with Crippen molar-refractivity contribution >= 4 is 35.2 Å². The van der Waals surface area contributed by atoms with Crippen LogP contribution in [-0.2, 0) is 4.79 Å². The smallest absolute Gasteiger partial charge is 0.234 e. The highest BCUT2D eigenvalue weighted by molar-refractivity contribution is 8.11. The van der Waals surface area contributed by atoms with Crippen molar-refractivity contribution < 1.29 is 4.79 Å². The van der Waals surface area contributed by atoms with Crippen LogP contribution in [-0.4, -0.2) is 23.5 Å². The van der Waals surface area contributed by atoms with Crippen LogP contribution >= 0.6 is 24.8 Å². The fourth-order valence-corrected chi connectivity index (χ4v) is 1.48. The molecule has 0 heterocycles. The Morgan fingerprint density at radius 2 is 1.80 bits per heavy atom. The molecule has 0 aromatic carbocycles. The molecule has 0 bridgehead atoms. The second-order valence-corrected chi connectivity index (χ2v) is 4.48. The van der Waals surface area contributed by atoms with Crippen LogP contribution in [0.5, 0.6) is 0 Å². The van der Waals surface area contributed by atoms with Gasteiger partial charge in [0, 0.05) is 6.54 Å². The highest BCUT2D eigenvalue weighted by atomic mass is 32.1. The Kier molecular flexibility index (Phi) is 11.4. The number of hydrogen-bond donors (Lipinski definition) is 2. The summed E-state index contributed by atoms with van der Waals surface area (Å²) >= 11 is 8.73. The number of nitrogens with one attached hydrogen (secondary N) is 1. The molecular weight excluding hydrogens is 228 g/mol. The lowest BCUT2D eigenvalue weighted by Crippen LogP contribution is -2.17. The number of carbonyl (C=O) groups excluding carboxylic acids is 1. The lowest BCUT2D eigenvalue weighted by atomic mass is 10.1. The average Bonchev–Trinajstić information content (AvgIpc) is 2.20. The Morgan fingerprint density at radius 3 is 2.40 bits per heavy atom. The van der Waals surface area contributed by atoms with E-state index in [0.29, 0.717) is 10.9 Å². The van der Waals surface area contributed by atoms with Crippen LogP contribution in [0.2, 0.25) is 0 Å². The standard InChI is InChI=1S/C10H18N2OS2/c13-9-11-7-5-3-1-2-4-6-8-12-10(14)15/h1-8H2,(H2,12,14,15). The fourth-order valence-electron chi connectivity index (χ4n) is 1.26. The third-order valence-corrected chi connectivity index (χ3v) is 2.34. The number of unbranched alkanes of at least 4 members (excludes halogenated alkanes) is 5. The Labute approximate surface area is 102 Å². The van der Waals surface area contributed by atoms with Crippen LogP contribution in [0.3, 0.4) is 0 Å². The Balaban J connectivity index is 2.98. The maximum Gasteiger partial charge on any atom is 0.234 e. The van der Waals surface area contributed by atoms with E-state index in [-0.39, 0.29) is 0 Å². The summed E-state index contributed by atoms with van der Waals surface area (Å²) in [6, 6.07) is 0. The zero-order chi connectivity index (χ0) is 11.4. The van der Waals surface area contributed by atoms with Gasteiger partial charge in [0.2, 0.25) is 6.08 Å². The van der Waals surface area contributed by atoms with Crippen LogP contribution < -0.4 is 5.32 Å². The Morgan fingerprint density at radius 1 is 1.20 bits per heavy atom. The predicted molar refractivity (Wildman–Crippen MR) is 70.3 cm³/mol. The lowest BCUT2D eigenvalue weighted by Gasteiger charge is -2.02. The zero-order valence-electron chi connectivity index (χ0n) is 8.87. The number of rotatable bonds is 9. The van der Waals surface area contributed by atoms with Crippen LogP contribution in [0, 0.1) is 0 Å². The molecule has 1 N–H and O–H groups in total. The molecule has 0 saturated heterocycles. The Hall–Kier alpha value is -0.380.